The number of H-pyrrole nitrogens is 1. The maximum Gasteiger partial charge on any atom is 0.328 e. The molecule has 6 nitrogen and oxygen atoms in total. The van der Waals surface area contributed by atoms with Crippen molar-refractivity contribution in [1.82, 2.24) is 9.55 Å². The number of nitrogens with zero attached hydrogens (tertiary/aromatic N) is 1. The third-order valence-corrected chi connectivity index (χ3v) is 6.40. The van der Waals surface area contributed by atoms with Crippen LogP contribution in [-0.4, -0.2) is 22.1 Å². The molecule has 1 heterocycles. The van der Waals surface area contributed by atoms with Gasteiger partial charge in [-0.2, -0.15) is 0 Å². The van der Waals surface area contributed by atoms with Crippen LogP contribution < -0.4 is 11.2 Å². The van der Waals surface area contributed by atoms with Crippen LogP contribution in [0.3, 0.4) is 0 Å². The summed E-state index contributed by atoms with van der Waals surface area (Å²) in [5.41, 5.74) is -0.0388. The maximum atomic E-state index is 12.1. The van der Waals surface area contributed by atoms with Gasteiger partial charge in [0.2, 0.25) is 0 Å². The first-order valence-corrected chi connectivity index (χ1v) is 11.9. The first kappa shape index (κ1) is 24.4. The minimum Gasteiger partial charge on any atom is -0.465 e. The Bertz CT molecular complexity index is 767. The number of aromatic nitrogens is 2. The highest BCUT2D eigenvalue weighted by Crippen LogP contribution is 2.36. The number of aromatic amines is 1. The van der Waals surface area contributed by atoms with Gasteiger partial charge < -0.3 is 9.30 Å². The van der Waals surface area contributed by atoms with Gasteiger partial charge in [0.25, 0.3) is 5.56 Å². The molecule has 0 aromatic carbocycles. The van der Waals surface area contributed by atoms with Crippen LogP contribution in [0.2, 0.25) is 0 Å². The van der Waals surface area contributed by atoms with Crippen LogP contribution in [-0.2, 0) is 16.1 Å². The van der Waals surface area contributed by atoms with Crippen LogP contribution in [0, 0.1) is 24.7 Å². The molecule has 1 aliphatic carbocycles. The number of nitrogens with one attached hydrogen (secondary N) is 1. The summed E-state index contributed by atoms with van der Waals surface area (Å²) in [6.07, 6.45) is 14.0. The van der Waals surface area contributed by atoms with E-state index in [9.17, 15) is 14.4 Å². The lowest BCUT2D eigenvalue weighted by Crippen LogP contribution is -2.30. The minimum absolute atomic E-state index is 0.0196. The molecular formula is C24H40N2O4. The first-order chi connectivity index (χ1) is 14.4. The molecule has 0 radical (unpaired) electrons. The van der Waals surface area contributed by atoms with Crippen molar-refractivity contribution in [3.05, 3.63) is 32.6 Å². The van der Waals surface area contributed by atoms with E-state index in [1.54, 1.807) is 17.7 Å². The van der Waals surface area contributed by atoms with Gasteiger partial charge in [0.15, 0.2) is 0 Å². The molecule has 1 fully saturated rings. The number of carbonyl (C=O) groups excluding carboxylic acids is 1. The Balaban J connectivity index is 1.41. The standard InChI is InChI=1S/C24H40N2O4/c1-18-15-19(2)21(16-18)23(28)30-14-12-10-8-6-4-5-7-9-11-13-26-17-20(3)22(27)25-24(26)29/h17-19,21H,4-16H2,1-3H3,(H,25,27,29). The Labute approximate surface area is 180 Å². The van der Waals surface area contributed by atoms with Gasteiger partial charge in [-0.25, -0.2) is 4.79 Å². The summed E-state index contributed by atoms with van der Waals surface area (Å²) in [6.45, 7) is 7.33. The maximum absolute atomic E-state index is 12.1. The highest BCUT2D eigenvalue weighted by Gasteiger charge is 2.34. The van der Waals surface area contributed by atoms with Crippen LogP contribution in [0.4, 0.5) is 0 Å². The Morgan fingerprint density at radius 3 is 2.20 bits per heavy atom. The molecular weight excluding hydrogens is 380 g/mol. The van der Waals surface area contributed by atoms with Gasteiger partial charge in [0.1, 0.15) is 0 Å². The molecule has 30 heavy (non-hydrogen) atoms. The van der Waals surface area contributed by atoms with Crippen LogP contribution in [0.15, 0.2) is 15.8 Å². The topological polar surface area (TPSA) is 81.2 Å². The van der Waals surface area contributed by atoms with Gasteiger partial charge in [0, 0.05) is 18.3 Å². The van der Waals surface area contributed by atoms with Crippen molar-refractivity contribution >= 4 is 5.97 Å². The summed E-state index contributed by atoms with van der Waals surface area (Å²) >= 11 is 0. The fourth-order valence-corrected chi connectivity index (χ4v) is 4.58. The molecule has 1 aliphatic rings. The lowest BCUT2D eigenvalue weighted by molar-refractivity contribution is -0.149. The normalized spacial score (nSPS) is 21.1. The minimum atomic E-state index is -0.316. The van der Waals surface area contributed by atoms with Crippen molar-refractivity contribution in [1.29, 1.82) is 0 Å². The molecule has 0 aliphatic heterocycles. The molecule has 3 unspecified atom stereocenters. The van der Waals surface area contributed by atoms with Crippen LogP contribution >= 0.6 is 0 Å². The zero-order valence-corrected chi connectivity index (χ0v) is 19.1. The Morgan fingerprint density at radius 1 is 1.00 bits per heavy atom. The Morgan fingerprint density at radius 2 is 1.60 bits per heavy atom. The van der Waals surface area contributed by atoms with Gasteiger partial charge >= 0.3 is 11.7 Å². The van der Waals surface area contributed by atoms with E-state index in [4.69, 9.17) is 4.74 Å². The average Bonchev–Trinajstić information content (AvgIpc) is 3.04. The van der Waals surface area contributed by atoms with E-state index in [1.807, 2.05) is 0 Å². The number of hydrogen-bond donors (Lipinski definition) is 1. The zero-order chi connectivity index (χ0) is 21.9. The summed E-state index contributed by atoms with van der Waals surface area (Å²) in [4.78, 5) is 37.6. The summed E-state index contributed by atoms with van der Waals surface area (Å²) in [7, 11) is 0. The predicted octanol–water partition coefficient (Wildman–Crippen LogP) is 4.58. The number of hydrogen-bond acceptors (Lipinski definition) is 4. The lowest BCUT2D eigenvalue weighted by Gasteiger charge is -2.14. The molecule has 170 valence electrons. The number of unbranched alkanes of at least 4 members (excludes halogenated alkanes) is 8. The summed E-state index contributed by atoms with van der Waals surface area (Å²) < 4.78 is 7.09. The predicted molar refractivity (Wildman–Crippen MR) is 120 cm³/mol. The molecule has 1 aromatic heterocycles. The second-order valence-corrected chi connectivity index (χ2v) is 9.27. The van der Waals surface area contributed by atoms with Crippen LogP contribution in [0.1, 0.15) is 90.0 Å². The van der Waals surface area contributed by atoms with E-state index in [0.29, 0.717) is 30.6 Å². The second kappa shape index (κ2) is 12.8. The Kier molecular flexibility index (Phi) is 10.4. The average molecular weight is 421 g/mol. The highest BCUT2D eigenvalue weighted by atomic mass is 16.5. The number of esters is 1. The monoisotopic (exact) mass is 420 g/mol. The third-order valence-electron chi connectivity index (χ3n) is 6.40. The molecule has 0 bridgehead atoms. The van der Waals surface area contributed by atoms with Gasteiger partial charge in [-0.3, -0.25) is 14.6 Å². The number of aryl methyl sites for hydroxylation is 2. The van der Waals surface area contributed by atoms with E-state index >= 15 is 0 Å². The van der Waals surface area contributed by atoms with E-state index in [0.717, 1.165) is 38.5 Å². The fourth-order valence-electron chi connectivity index (χ4n) is 4.58. The van der Waals surface area contributed by atoms with E-state index in [-0.39, 0.29) is 23.1 Å². The number of carbonyl (C=O) groups is 1. The van der Waals surface area contributed by atoms with Crippen LogP contribution in [0.5, 0.6) is 0 Å². The number of rotatable bonds is 13. The molecule has 1 aromatic rings. The molecule has 0 amide bonds. The molecule has 1 N–H and O–H groups in total. The SMILES string of the molecule is Cc1cn(CCCCCCCCCCCOC(=O)C2CC(C)CC2C)c(=O)[nH]c1=O. The van der Waals surface area contributed by atoms with Crippen LogP contribution in [0.25, 0.3) is 0 Å². The lowest BCUT2D eigenvalue weighted by atomic mass is 9.99. The van der Waals surface area contributed by atoms with Crippen molar-refractivity contribution in [2.45, 2.75) is 97.9 Å². The van der Waals surface area contributed by atoms with E-state index < -0.39 is 0 Å². The quantitative estimate of drug-likeness (QED) is 0.374. The van der Waals surface area contributed by atoms with Gasteiger partial charge in [-0.05, 0) is 44.4 Å². The molecule has 3 atom stereocenters. The zero-order valence-electron chi connectivity index (χ0n) is 19.1. The summed E-state index contributed by atoms with van der Waals surface area (Å²) in [5.74, 6) is 1.25. The molecule has 6 heteroatoms. The summed E-state index contributed by atoms with van der Waals surface area (Å²) in [6, 6.07) is 0. The smallest absolute Gasteiger partial charge is 0.328 e. The van der Waals surface area contributed by atoms with Crippen molar-refractivity contribution in [2.75, 3.05) is 6.61 Å². The molecule has 0 spiro atoms. The van der Waals surface area contributed by atoms with Gasteiger partial charge in [0.05, 0.1) is 12.5 Å². The second-order valence-electron chi connectivity index (χ2n) is 9.27. The molecule has 0 saturated heterocycles. The first-order valence-electron chi connectivity index (χ1n) is 11.9. The van der Waals surface area contributed by atoms with E-state index in [1.165, 1.54) is 32.1 Å². The molecule has 1 saturated carbocycles. The molecule has 2 rings (SSSR count). The van der Waals surface area contributed by atoms with Gasteiger partial charge in [-0.1, -0.05) is 58.8 Å². The Hall–Kier alpha value is -1.85. The van der Waals surface area contributed by atoms with Crippen molar-refractivity contribution < 1.29 is 9.53 Å². The van der Waals surface area contributed by atoms with E-state index in [2.05, 4.69) is 18.8 Å². The van der Waals surface area contributed by atoms with Crippen molar-refractivity contribution in [3.63, 3.8) is 0 Å². The van der Waals surface area contributed by atoms with Gasteiger partial charge in [-0.15, -0.1) is 0 Å². The largest absolute Gasteiger partial charge is 0.465 e. The highest BCUT2D eigenvalue weighted by molar-refractivity contribution is 5.73. The number of ether oxygens (including phenoxy) is 1. The van der Waals surface area contributed by atoms with Crippen molar-refractivity contribution in [2.24, 2.45) is 17.8 Å². The third kappa shape index (κ3) is 8.11. The summed E-state index contributed by atoms with van der Waals surface area (Å²) in [5, 5.41) is 0. The fraction of sp³-hybridized carbons (Fsp3) is 0.792. The van der Waals surface area contributed by atoms with Crippen molar-refractivity contribution in [3.8, 4) is 0 Å².